The van der Waals surface area contributed by atoms with Crippen LogP contribution >= 0.6 is 15.9 Å². The fourth-order valence-corrected chi connectivity index (χ4v) is 2.91. The maximum absolute atomic E-state index is 10.5. The lowest BCUT2D eigenvalue weighted by molar-refractivity contribution is -0.144. The highest BCUT2D eigenvalue weighted by Crippen LogP contribution is 2.29. The zero-order chi connectivity index (χ0) is 14.5. The van der Waals surface area contributed by atoms with Crippen molar-refractivity contribution in [1.29, 1.82) is 5.26 Å². The van der Waals surface area contributed by atoms with Crippen LogP contribution in [0, 0.1) is 11.3 Å². The van der Waals surface area contributed by atoms with Crippen LogP contribution < -0.4 is 4.90 Å². The van der Waals surface area contributed by atoms with Gasteiger partial charge >= 0.3 is 5.97 Å². The van der Waals surface area contributed by atoms with Crippen LogP contribution in [0.2, 0.25) is 0 Å². The third-order valence-corrected chi connectivity index (χ3v) is 3.94. The van der Waals surface area contributed by atoms with Gasteiger partial charge in [0, 0.05) is 17.6 Å². The third kappa shape index (κ3) is 3.71. The standard InChI is InChI=1S/C14H15BrN2O3/c15-12-7-10(8-16)1-2-13(12)17-5-3-11(4-6-17)20-9-14(18)19/h1-2,7,11H,3-6,9H2,(H,18,19). The summed E-state index contributed by atoms with van der Waals surface area (Å²) in [4.78, 5) is 12.7. The largest absolute Gasteiger partial charge is 0.480 e. The number of carboxylic acids is 1. The van der Waals surface area contributed by atoms with Gasteiger partial charge in [-0.15, -0.1) is 0 Å². The highest BCUT2D eigenvalue weighted by Gasteiger charge is 2.21. The maximum atomic E-state index is 10.5. The minimum Gasteiger partial charge on any atom is -0.480 e. The summed E-state index contributed by atoms with van der Waals surface area (Å²) in [5, 5.41) is 17.4. The molecular formula is C14H15BrN2O3. The summed E-state index contributed by atoms with van der Waals surface area (Å²) in [6.45, 7) is 1.40. The number of aliphatic carboxylic acids is 1. The lowest BCUT2D eigenvalue weighted by Crippen LogP contribution is -2.37. The quantitative estimate of drug-likeness (QED) is 0.912. The summed E-state index contributed by atoms with van der Waals surface area (Å²) in [5.74, 6) is -0.928. The first-order valence-corrected chi connectivity index (χ1v) is 7.17. The van der Waals surface area contributed by atoms with E-state index in [1.54, 1.807) is 6.07 Å². The van der Waals surface area contributed by atoms with Crippen molar-refractivity contribution in [2.24, 2.45) is 0 Å². The van der Waals surface area contributed by atoms with E-state index in [4.69, 9.17) is 15.1 Å². The smallest absolute Gasteiger partial charge is 0.329 e. The number of piperidine rings is 1. The topological polar surface area (TPSA) is 73.6 Å². The first-order chi connectivity index (χ1) is 9.60. The summed E-state index contributed by atoms with van der Waals surface area (Å²) in [5.41, 5.74) is 1.68. The van der Waals surface area contributed by atoms with Crippen molar-refractivity contribution < 1.29 is 14.6 Å². The average molecular weight is 339 g/mol. The Hall–Kier alpha value is -1.58. The van der Waals surface area contributed by atoms with E-state index >= 15 is 0 Å². The molecule has 1 aliphatic heterocycles. The highest BCUT2D eigenvalue weighted by atomic mass is 79.9. The van der Waals surface area contributed by atoms with Crippen LogP contribution in [-0.4, -0.2) is 36.9 Å². The molecule has 1 saturated heterocycles. The maximum Gasteiger partial charge on any atom is 0.329 e. The normalized spacial score (nSPS) is 15.9. The molecule has 6 heteroatoms. The van der Waals surface area contributed by atoms with E-state index in [1.165, 1.54) is 0 Å². The van der Waals surface area contributed by atoms with Crippen molar-refractivity contribution in [3.63, 3.8) is 0 Å². The molecule has 0 aliphatic carbocycles. The third-order valence-electron chi connectivity index (χ3n) is 3.30. The van der Waals surface area contributed by atoms with Gasteiger partial charge in [-0.2, -0.15) is 5.26 Å². The molecule has 1 N–H and O–H groups in total. The summed E-state index contributed by atoms with van der Waals surface area (Å²) in [6.07, 6.45) is 1.62. The van der Waals surface area contributed by atoms with Gasteiger partial charge < -0.3 is 14.7 Å². The lowest BCUT2D eigenvalue weighted by atomic mass is 10.1. The SMILES string of the molecule is N#Cc1ccc(N2CCC(OCC(=O)O)CC2)c(Br)c1. The van der Waals surface area contributed by atoms with Crippen molar-refractivity contribution in [3.8, 4) is 6.07 Å². The van der Waals surface area contributed by atoms with Crippen molar-refractivity contribution in [2.45, 2.75) is 18.9 Å². The van der Waals surface area contributed by atoms with Gasteiger partial charge in [0.15, 0.2) is 0 Å². The Morgan fingerprint density at radius 2 is 2.20 bits per heavy atom. The number of carboxylic acid groups (broad SMARTS) is 1. The molecule has 5 nitrogen and oxygen atoms in total. The molecule has 0 bridgehead atoms. The second-order valence-electron chi connectivity index (χ2n) is 4.67. The predicted octanol–water partition coefficient (Wildman–Crippen LogP) is 2.39. The van der Waals surface area contributed by atoms with E-state index in [-0.39, 0.29) is 12.7 Å². The van der Waals surface area contributed by atoms with Crippen LogP contribution in [0.5, 0.6) is 0 Å². The first-order valence-electron chi connectivity index (χ1n) is 6.38. The number of nitrogens with zero attached hydrogens (tertiary/aromatic N) is 2. The number of carbonyl (C=O) groups is 1. The Morgan fingerprint density at radius 1 is 1.50 bits per heavy atom. The van der Waals surface area contributed by atoms with Gasteiger partial charge in [0.1, 0.15) is 6.61 Å². The number of halogens is 1. The second-order valence-corrected chi connectivity index (χ2v) is 5.52. The molecule has 20 heavy (non-hydrogen) atoms. The number of anilines is 1. The van der Waals surface area contributed by atoms with Gasteiger partial charge in [-0.05, 0) is 47.0 Å². The highest BCUT2D eigenvalue weighted by molar-refractivity contribution is 9.10. The zero-order valence-corrected chi connectivity index (χ0v) is 12.5. The van der Waals surface area contributed by atoms with Crippen molar-refractivity contribution in [2.75, 3.05) is 24.6 Å². The van der Waals surface area contributed by atoms with Crippen LogP contribution in [-0.2, 0) is 9.53 Å². The Balaban J connectivity index is 1.94. The number of ether oxygens (including phenoxy) is 1. The molecule has 0 unspecified atom stereocenters. The Morgan fingerprint density at radius 3 is 2.75 bits per heavy atom. The van der Waals surface area contributed by atoms with Crippen LogP contribution in [0.15, 0.2) is 22.7 Å². The fraction of sp³-hybridized carbons (Fsp3) is 0.429. The van der Waals surface area contributed by atoms with Crippen LogP contribution in [0.4, 0.5) is 5.69 Å². The van der Waals surface area contributed by atoms with Crippen LogP contribution in [0.1, 0.15) is 18.4 Å². The van der Waals surface area contributed by atoms with Crippen LogP contribution in [0.3, 0.4) is 0 Å². The molecule has 0 atom stereocenters. The molecule has 0 aromatic heterocycles. The summed E-state index contributed by atoms with van der Waals surface area (Å²) >= 11 is 3.49. The number of rotatable bonds is 4. The predicted molar refractivity (Wildman–Crippen MR) is 77.7 cm³/mol. The lowest BCUT2D eigenvalue weighted by Gasteiger charge is -2.33. The molecule has 1 aliphatic rings. The van der Waals surface area contributed by atoms with Gasteiger partial charge in [0.05, 0.1) is 23.4 Å². The van der Waals surface area contributed by atoms with E-state index in [0.717, 1.165) is 36.1 Å². The number of benzene rings is 1. The van der Waals surface area contributed by atoms with Crippen molar-refractivity contribution in [1.82, 2.24) is 0 Å². The Bertz CT molecular complexity index is 534. The zero-order valence-electron chi connectivity index (χ0n) is 10.9. The van der Waals surface area contributed by atoms with E-state index in [1.807, 2.05) is 12.1 Å². The first kappa shape index (κ1) is 14.8. The number of hydrogen-bond acceptors (Lipinski definition) is 4. The van der Waals surface area contributed by atoms with Gasteiger partial charge in [-0.1, -0.05) is 0 Å². The molecule has 1 aromatic carbocycles. The van der Waals surface area contributed by atoms with Crippen molar-refractivity contribution >= 4 is 27.6 Å². The molecule has 2 rings (SSSR count). The van der Waals surface area contributed by atoms with Gasteiger partial charge in [0.2, 0.25) is 0 Å². The van der Waals surface area contributed by atoms with Gasteiger partial charge in [-0.25, -0.2) is 4.79 Å². The molecule has 1 aromatic rings. The monoisotopic (exact) mass is 338 g/mol. The number of hydrogen-bond donors (Lipinski definition) is 1. The fourth-order valence-electron chi connectivity index (χ4n) is 2.29. The Labute approximate surface area is 125 Å². The molecule has 0 saturated carbocycles. The average Bonchev–Trinajstić information content (AvgIpc) is 2.45. The molecule has 106 valence electrons. The van der Waals surface area contributed by atoms with Gasteiger partial charge in [0.25, 0.3) is 0 Å². The second kappa shape index (κ2) is 6.73. The Kier molecular flexibility index (Phi) is 4.99. The summed E-state index contributed by atoms with van der Waals surface area (Å²) < 4.78 is 6.22. The minimum atomic E-state index is -0.928. The molecule has 1 fully saturated rings. The summed E-state index contributed by atoms with van der Waals surface area (Å²) in [7, 11) is 0. The van der Waals surface area contributed by atoms with E-state index in [9.17, 15) is 4.79 Å². The van der Waals surface area contributed by atoms with E-state index in [0.29, 0.717) is 5.56 Å². The molecule has 0 radical (unpaired) electrons. The van der Waals surface area contributed by atoms with E-state index < -0.39 is 5.97 Å². The minimum absolute atomic E-state index is 0.0134. The summed E-state index contributed by atoms with van der Waals surface area (Å²) in [6, 6.07) is 7.65. The van der Waals surface area contributed by atoms with Crippen LogP contribution in [0.25, 0.3) is 0 Å². The molecular weight excluding hydrogens is 324 g/mol. The van der Waals surface area contributed by atoms with Crippen molar-refractivity contribution in [3.05, 3.63) is 28.2 Å². The number of nitriles is 1. The van der Waals surface area contributed by atoms with Gasteiger partial charge in [-0.3, -0.25) is 0 Å². The molecule has 0 spiro atoms. The molecule has 1 heterocycles. The van der Waals surface area contributed by atoms with E-state index in [2.05, 4.69) is 26.9 Å². The molecule has 0 amide bonds.